The molecule has 1 heterocycles. The van der Waals surface area contributed by atoms with Crippen LogP contribution in [0.3, 0.4) is 0 Å². The van der Waals surface area contributed by atoms with Crippen LogP contribution in [-0.2, 0) is 10.2 Å². The van der Waals surface area contributed by atoms with Crippen LogP contribution >= 0.6 is 0 Å². The van der Waals surface area contributed by atoms with E-state index in [1.165, 1.54) is 12.1 Å². The number of benzene rings is 2. The molecule has 1 saturated carbocycles. The van der Waals surface area contributed by atoms with E-state index in [9.17, 15) is 9.18 Å². The van der Waals surface area contributed by atoms with Gasteiger partial charge in [-0.25, -0.2) is 9.37 Å². The van der Waals surface area contributed by atoms with E-state index < -0.39 is 5.41 Å². The number of amides is 1. The topological polar surface area (TPSA) is 46.9 Å². The second kappa shape index (κ2) is 6.41. The van der Waals surface area contributed by atoms with Crippen LogP contribution in [0, 0.1) is 5.82 Å². The third-order valence-corrected chi connectivity index (χ3v) is 5.12. The van der Waals surface area contributed by atoms with Crippen molar-refractivity contribution in [3.63, 3.8) is 0 Å². The molecule has 5 heteroatoms. The largest absolute Gasteiger partial charge is 0.349 e. The number of hydrogen-bond donors (Lipinski definition) is 1. The van der Waals surface area contributed by atoms with E-state index in [1.54, 1.807) is 24.7 Å². The molecule has 0 spiro atoms. The summed E-state index contributed by atoms with van der Waals surface area (Å²) >= 11 is 0. The zero-order valence-corrected chi connectivity index (χ0v) is 14.5. The van der Waals surface area contributed by atoms with Gasteiger partial charge in [0.25, 0.3) is 0 Å². The highest BCUT2D eigenvalue weighted by Crippen LogP contribution is 2.48. The van der Waals surface area contributed by atoms with Crippen molar-refractivity contribution in [2.75, 3.05) is 0 Å². The van der Waals surface area contributed by atoms with Crippen molar-refractivity contribution in [2.45, 2.75) is 31.2 Å². The Morgan fingerprint density at radius 2 is 1.85 bits per heavy atom. The van der Waals surface area contributed by atoms with Gasteiger partial charge >= 0.3 is 0 Å². The predicted octanol–water partition coefficient (Wildman–Crippen LogP) is 3.92. The van der Waals surface area contributed by atoms with Crippen LogP contribution in [0.25, 0.3) is 5.69 Å². The first kappa shape index (κ1) is 16.5. The maximum atomic E-state index is 13.2. The Morgan fingerprint density at radius 1 is 1.15 bits per heavy atom. The van der Waals surface area contributed by atoms with Crippen LogP contribution in [0.1, 0.15) is 36.9 Å². The maximum Gasteiger partial charge on any atom is 0.231 e. The highest BCUT2D eigenvalue weighted by atomic mass is 19.1. The van der Waals surface area contributed by atoms with Crippen molar-refractivity contribution < 1.29 is 9.18 Å². The van der Waals surface area contributed by atoms with Crippen LogP contribution in [0.4, 0.5) is 4.39 Å². The minimum atomic E-state index is -0.501. The van der Waals surface area contributed by atoms with Gasteiger partial charge in [0.05, 0.1) is 17.8 Å². The summed E-state index contributed by atoms with van der Waals surface area (Å²) in [6.45, 7) is 1.98. The second-order valence-electron chi connectivity index (χ2n) is 6.85. The van der Waals surface area contributed by atoms with E-state index in [0.717, 1.165) is 29.7 Å². The summed E-state index contributed by atoms with van der Waals surface area (Å²) in [7, 11) is 0. The molecule has 0 bridgehead atoms. The van der Waals surface area contributed by atoms with Crippen molar-refractivity contribution in [1.82, 2.24) is 14.9 Å². The monoisotopic (exact) mass is 349 g/mol. The van der Waals surface area contributed by atoms with Gasteiger partial charge in [-0.05, 0) is 55.2 Å². The first-order chi connectivity index (χ1) is 12.6. The fourth-order valence-electron chi connectivity index (χ4n) is 3.31. The number of hydrogen-bond acceptors (Lipinski definition) is 2. The quantitative estimate of drug-likeness (QED) is 0.759. The van der Waals surface area contributed by atoms with Gasteiger partial charge in [-0.2, -0.15) is 0 Å². The fraction of sp³-hybridized carbons (Fsp3) is 0.238. The van der Waals surface area contributed by atoms with Gasteiger partial charge in [-0.3, -0.25) is 4.79 Å². The Bertz CT molecular complexity index is 897. The van der Waals surface area contributed by atoms with Gasteiger partial charge in [0.2, 0.25) is 5.91 Å². The summed E-state index contributed by atoms with van der Waals surface area (Å²) in [5.41, 5.74) is 2.45. The van der Waals surface area contributed by atoms with Crippen LogP contribution in [-0.4, -0.2) is 15.5 Å². The number of carbonyl (C=O) groups is 1. The highest BCUT2D eigenvalue weighted by Gasteiger charge is 2.51. The minimum absolute atomic E-state index is 0.00953. The Balaban J connectivity index is 1.46. The molecule has 1 fully saturated rings. The van der Waals surface area contributed by atoms with E-state index in [0.29, 0.717) is 0 Å². The first-order valence-corrected chi connectivity index (χ1v) is 8.74. The van der Waals surface area contributed by atoms with Crippen molar-refractivity contribution >= 4 is 5.91 Å². The van der Waals surface area contributed by atoms with Gasteiger partial charge in [0, 0.05) is 18.1 Å². The molecule has 1 amide bonds. The van der Waals surface area contributed by atoms with Gasteiger partial charge in [-0.1, -0.05) is 24.3 Å². The lowest BCUT2D eigenvalue weighted by molar-refractivity contribution is -0.124. The summed E-state index contributed by atoms with van der Waals surface area (Å²) in [6, 6.07) is 14.2. The molecule has 1 unspecified atom stereocenters. The molecule has 1 aliphatic carbocycles. The van der Waals surface area contributed by atoms with Crippen LogP contribution in [0.2, 0.25) is 0 Å². The molecule has 0 radical (unpaired) electrons. The summed E-state index contributed by atoms with van der Waals surface area (Å²) in [4.78, 5) is 16.9. The number of aromatic nitrogens is 2. The van der Waals surface area contributed by atoms with Crippen LogP contribution in [0.5, 0.6) is 0 Å². The minimum Gasteiger partial charge on any atom is -0.349 e. The number of nitrogens with zero attached hydrogens (tertiary/aromatic N) is 2. The Labute approximate surface area is 151 Å². The molecule has 0 aliphatic heterocycles. The van der Waals surface area contributed by atoms with E-state index in [4.69, 9.17) is 0 Å². The third-order valence-electron chi connectivity index (χ3n) is 5.12. The maximum absolute atomic E-state index is 13.2. The SMILES string of the molecule is CC(NC(=O)C1(c2ccc(F)cc2)CC1)c1ccc(-n2ccnc2)cc1. The van der Waals surface area contributed by atoms with Gasteiger partial charge in [-0.15, -0.1) is 0 Å². The summed E-state index contributed by atoms with van der Waals surface area (Å²) < 4.78 is 15.1. The Hall–Kier alpha value is -2.95. The third kappa shape index (κ3) is 3.01. The van der Waals surface area contributed by atoms with E-state index in [-0.39, 0.29) is 17.8 Å². The second-order valence-corrected chi connectivity index (χ2v) is 6.85. The Morgan fingerprint density at radius 3 is 2.42 bits per heavy atom. The van der Waals surface area contributed by atoms with Gasteiger partial charge in [0.1, 0.15) is 5.82 Å². The number of rotatable bonds is 5. The molecule has 132 valence electrons. The van der Waals surface area contributed by atoms with Crippen molar-refractivity contribution in [1.29, 1.82) is 0 Å². The lowest BCUT2D eigenvalue weighted by atomic mass is 9.94. The smallest absolute Gasteiger partial charge is 0.231 e. The van der Waals surface area contributed by atoms with E-state index in [2.05, 4.69) is 10.3 Å². The predicted molar refractivity (Wildman–Crippen MR) is 97.4 cm³/mol. The standard InChI is InChI=1S/C21H20FN3O/c1-15(16-2-8-19(9-3-16)25-13-12-23-14-25)24-20(26)21(10-11-21)17-4-6-18(22)7-5-17/h2-9,12-15H,10-11H2,1H3,(H,24,26). The molecule has 4 nitrogen and oxygen atoms in total. The van der Waals surface area contributed by atoms with Gasteiger partial charge < -0.3 is 9.88 Å². The zero-order valence-electron chi connectivity index (χ0n) is 14.5. The Kier molecular flexibility index (Phi) is 4.07. The number of imidazole rings is 1. The molecule has 3 aromatic rings. The van der Waals surface area contributed by atoms with Gasteiger partial charge in [0.15, 0.2) is 0 Å². The average Bonchev–Trinajstić information content (AvgIpc) is 3.29. The number of halogens is 1. The molecule has 1 aromatic heterocycles. The molecule has 0 saturated heterocycles. The summed E-state index contributed by atoms with van der Waals surface area (Å²) in [6.07, 6.45) is 6.98. The first-order valence-electron chi connectivity index (χ1n) is 8.74. The molecule has 1 N–H and O–H groups in total. The summed E-state index contributed by atoms with van der Waals surface area (Å²) in [5.74, 6) is -0.272. The van der Waals surface area contributed by atoms with Crippen molar-refractivity contribution in [3.05, 3.63) is 84.2 Å². The van der Waals surface area contributed by atoms with E-state index >= 15 is 0 Å². The number of carbonyl (C=O) groups excluding carboxylic acids is 1. The van der Waals surface area contributed by atoms with Crippen LogP contribution < -0.4 is 5.32 Å². The van der Waals surface area contributed by atoms with E-state index in [1.807, 2.05) is 42.0 Å². The normalized spacial score (nSPS) is 16.1. The molecule has 26 heavy (non-hydrogen) atoms. The lowest BCUT2D eigenvalue weighted by Crippen LogP contribution is -2.36. The van der Waals surface area contributed by atoms with Crippen molar-refractivity contribution in [3.8, 4) is 5.69 Å². The molecule has 2 aromatic carbocycles. The summed E-state index contributed by atoms with van der Waals surface area (Å²) in [5, 5.41) is 3.11. The molecule has 4 rings (SSSR count). The average molecular weight is 349 g/mol. The molecular formula is C21H20FN3O. The highest BCUT2D eigenvalue weighted by molar-refractivity contribution is 5.91. The zero-order chi connectivity index (χ0) is 18.1. The lowest BCUT2D eigenvalue weighted by Gasteiger charge is -2.20. The van der Waals surface area contributed by atoms with Crippen LogP contribution in [0.15, 0.2) is 67.3 Å². The molecule has 1 atom stereocenters. The molecular weight excluding hydrogens is 329 g/mol. The molecule has 1 aliphatic rings. The fourth-order valence-corrected chi connectivity index (χ4v) is 3.31. The van der Waals surface area contributed by atoms with Crippen molar-refractivity contribution in [2.24, 2.45) is 0 Å². The number of nitrogens with one attached hydrogen (secondary N) is 1.